The summed E-state index contributed by atoms with van der Waals surface area (Å²) in [6.45, 7) is -0.288. The molecule has 0 bridgehead atoms. The lowest BCUT2D eigenvalue weighted by Crippen LogP contribution is -2.53. The molecule has 7 nitrogen and oxygen atoms in total. The van der Waals surface area contributed by atoms with E-state index in [4.69, 9.17) is 0 Å². The molecule has 1 saturated heterocycles. The van der Waals surface area contributed by atoms with Gasteiger partial charge in [0.15, 0.2) is 4.90 Å². The Morgan fingerprint density at radius 1 is 0.771 bits per heavy atom. The first kappa shape index (κ1) is 24.5. The molecule has 0 saturated carbocycles. The van der Waals surface area contributed by atoms with Crippen LogP contribution < -0.4 is 5.32 Å². The molecule has 0 spiro atoms. The van der Waals surface area contributed by atoms with E-state index in [2.05, 4.69) is 5.32 Å². The van der Waals surface area contributed by atoms with Gasteiger partial charge >= 0.3 is 0 Å². The van der Waals surface area contributed by atoms with Crippen LogP contribution in [0.4, 0.5) is 8.78 Å². The molecular weight excluding hydrogens is 476 g/mol. The van der Waals surface area contributed by atoms with Crippen LogP contribution in [0.1, 0.15) is 22.0 Å². The van der Waals surface area contributed by atoms with Crippen LogP contribution in [0.15, 0.2) is 83.8 Å². The first-order valence-corrected chi connectivity index (χ1v) is 12.4. The number of piperazine rings is 1. The number of carbonyl (C=O) groups excluding carboxylic acids is 2. The van der Waals surface area contributed by atoms with Gasteiger partial charge in [-0.2, -0.15) is 4.31 Å². The van der Waals surface area contributed by atoms with Crippen LogP contribution in [0.25, 0.3) is 0 Å². The number of nitrogens with one attached hydrogen (secondary N) is 1. The quantitative estimate of drug-likeness (QED) is 0.565. The minimum absolute atomic E-state index is 0.00131. The lowest BCUT2D eigenvalue weighted by Gasteiger charge is -2.36. The molecule has 35 heavy (non-hydrogen) atoms. The summed E-state index contributed by atoms with van der Waals surface area (Å²) in [6.07, 6.45) is 0. The summed E-state index contributed by atoms with van der Waals surface area (Å²) in [7, 11) is -4.42. The minimum Gasteiger partial charge on any atom is -0.338 e. The van der Waals surface area contributed by atoms with Crippen molar-refractivity contribution in [3.8, 4) is 0 Å². The Hall–Kier alpha value is -3.63. The minimum atomic E-state index is -4.42. The predicted molar refractivity (Wildman–Crippen MR) is 125 cm³/mol. The van der Waals surface area contributed by atoms with Crippen LogP contribution in [0.2, 0.25) is 0 Å². The molecule has 3 aromatic carbocycles. The van der Waals surface area contributed by atoms with E-state index in [1.54, 1.807) is 60.7 Å². The fraction of sp³-hybridized carbons (Fsp3) is 0.200. The molecule has 1 N–H and O–H groups in total. The van der Waals surface area contributed by atoms with Crippen molar-refractivity contribution < 1.29 is 26.8 Å². The zero-order valence-electron chi connectivity index (χ0n) is 18.6. The SMILES string of the molecule is O=C(NC(C(=O)N1CCN(S(=O)(=O)c2c(F)cccc2F)CC1)c1ccccc1)c1ccccc1. The van der Waals surface area contributed by atoms with Gasteiger partial charge in [-0.05, 0) is 29.8 Å². The molecule has 182 valence electrons. The number of amides is 2. The average molecular weight is 500 g/mol. The first-order chi connectivity index (χ1) is 16.8. The molecule has 1 atom stereocenters. The predicted octanol–water partition coefficient (Wildman–Crippen LogP) is 2.97. The van der Waals surface area contributed by atoms with Gasteiger partial charge in [0.25, 0.3) is 5.91 Å². The molecule has 0 aliphatic carbocycles. The molecule has 4 rings (SSSR count). The Kier molecular flexibility index (Phi) is 7.23. The van der Waals surface area contributed by atoms with E-state index in [1.165, 1.54) is 4.90 Å². The number of halogens is 2. The van der Waals surface area contributed by atoms with Crippen molar-refractivity contribution >= 4 is 21.8 Å². The highest BCUT2D eigenvalue weighted by atomic mass is 32.2. The highest BCUT2D eigenvalue weighted by molar-refractivity contribution is 7.89. The zero-order chi connectivity index (χ0) is 25.0. The van der Waals surface area contributed by atoms with Crippen molar-refractivity contribution in [2.24, 2.45) is 0 Å². The van der Waals surface area contributed by atoms with Crippen LogP contribution >= 0.6 is 0 Å². The van der Waals surface area contributed by atoms with Crippen molar-refractivity contribution in [1.29, 1.82) is 0 Å². The van der Waals surface area contributed by atoms with Crippen molar-refractivity contribution in [2.45, 2.75) is 10.9 Å². The molecule has 1 unspecified atom stereocenters. The third-order valence-electron chi connectivity index (χ3n) is 5.76. The number of rotatable bonds is 6. The van der Waals surface area contributed by atoms with E-state index >= 15 is 0 Å². The molecule has 3 aromatic rings. The van der Waals surface area contributed by atoms with E-state index in [1.807, 2.05) is 0 Å². The number of hydrogen-bond donors (Lipinski definition) is 1. The molecule has 1 aliphatic rings. The fourth-order valence-electron chi connectivity index (χ4n) is 3.93. The second kappa shape index (κ2) is 10.3. The summed E-state index contributed by atoms with van der Waals surface area (Å²) in [5, 5.41) is 2.77. The van der Waals surface area contributed by atoms with E-state index in [0.29, 0.717) is 11.1 Å². The highest BCUT2D eigenvalue weighted by Crippen LogP contribution is 2.25. The lowest BCUT2D eigenvalue weighted by molar-refractivity contribution is -0.134. The number of sulfonamides is 1. The summed E-state index contributed by atoms with van der Waals surface area (Å²) in [4.78, 5) is 26.6. The monoisotopic (exact) mass is 499 g/mol. The van der Waals surface area contributed by atoms with Crippen LogP contribution in [0.3, 0.4) is 0 Å². The second-order valence-corrected chi connectivity index (χ2v) is 9.84. The number of carbonyl (C=O) groups is 2. The summed E-state index contributed by atoms with van der Waals surface area (Å²) in [5.41, 5.74) is 0.967. The van der Waals surface area contributed by atoms with Gasteiger partial charge in [-0.3, -0.25) is 9.59 Å². The van der Waals surface area contributed by atoms with Gasteiger partial charge in [-0.25, -0.2) is 17.2 Å². The van der Waals surface area contributed by atoms with Crippen LogP contribution in [-0.4, -0.2) is 55.6 Å². The van der Waals surface area contributed by atoms with E-state index in [9.17, 15) is 26.8 Å². The molecule has 1 aliphatic heterocycles. The van der Waals surface area contributed by atoms with Gasteiger partial charge < -0.3 is 10.2 Å². The molecule has 10 heteroatoms. The maximum atomic E-state index is 14.1. The Bertz CT molecular complexity index is 1290. The van der Waals surface area contributed by atoms with Crippen molar-refractivity contribution in [3.63, 3.8) is 0 Å². The fourth-order valence-corrected chi connectivity index (χ4v) is 5.46. The number of benzene rings is 3. The molecule has 2 amide bonds. The lowest BCUT2D eigenvalue weighted by atomic mass is 10.0. The van der Waals surface area contributed by atoms with Crippen LogP contribution in [0.5, 0.6) is 0 Å². The maximum Gasteiger partial charge on any atom is 0.252 e. The standard InChI is InChI=1S/C25H23F2N3O4S/c26-20-12-7-13-21(27)23(20)35(33,34)30-16-14-29(15-17-30)25(32)22(18-8-3-1-4-9-18)28-24(31)19-10-5-2-6-11-19/h1-13,22H,14-17H2,(H,28,31). The third kappa shape index (κ3) is 5.23. The van der Waals surface area contributed by atoms with Gasteiger partial charge in [0.05, 0.1) is 0 Å². The molecule has 0 radical (unpaired) electrons. The Morgan fingerprint density at radius 2 is 1.31 bits per heavy atom. The molecule has 1 fully saturated rings. The first-order valence-electron chi connectivity index (χ1n) is 10.9. The van der Waals surface area contributed by atoms with Crippen LogP contribution in [-0.2, 0) is 14.8 Å². The van der Waals surface area contributed by atoms with E-state index in [-0.39, 0.29) is 26.2 Å². The average Bonchev–Trinajstić information content (AvgIpc) is 2.87. The van der Waals surface area contributed by atoms with Gasteiger partial charge in [-0.1, -0.05) is 54.6 Å². The topological polar surface area (TPSA) is 86.8 Å². The van der Waals surface area contributed by atoms with Gasteiger partial charge in [0.1, 0.15) is 17.7 Å². The van der Waals surface area contributed by atoms with Gasteiger partial charge in [0.2, 0.25) is 15.9 Å². The van der Waals surface area contributed by atoms with Gasteiger partial charge in [-0.15, -0.1) is 0 Å². The Labute approximate surface area is 202 Å². The summed E-state index contributed by atoms with van der Waals surface area (Å²) in [5.74, 6) is -3.17. The van der Waals surface area contributed by atoms with Crippen molar-refractivity contribution in [3.05, 3.63) is 102 Å². The molecular formula is C25H23F2N3O4S. The third-order valence-corrected chi connectivity index (χ3v) is 7.71. The van der Waals surface area contributed by atoms with Crippen molar-refractivity contribution in [1.82, 2.24) is 14.5 Å². The van der Waals surface area contributed by atoms with Gasteiger partial charge in [0, 0.05) is 31.7 Å². The maximum absolute atomic E-state index is 14.1. The summed E-state index contributed by atoms with van der Waals surface area (Å²) in [6, 6.07) is 19.1. The zero-order valence-corrected chi connectivity index (χ0v) is 19.4. The summed E-state index contributed by atoms with van der Waals surface area (Å²) < 4.78 is 54.9. The smallest absolute Gasteiger partial charge is 0.252 e. The van der Waals surface area contributed by atoms with E-state index in [0.717, 1.165) is 22.5 Å². The highest BCUT2D eigenvalue weighted by Gasteiger charge is 2.36. The largest absolute Gasteiger partial charge is 0.338 e. The van der Waals surface area contributed by atoms with Crippen LogP contribution in [0, 0.1) is 11.6 Å². The summed E-state index contributed by atoms with van der Waals surface area (Å²) >= 11 is 0. The normalized spacial score (nSPS) is 15.4. The van der Waals surface area contributed by atoms with Crippen molar-refractivity contribution in [2.75, 3.05) is 26.2 Å². The van der Waals surface area contributed by atoms with E-state index < -0.39 is 44.4 Å². The Morgan fingerprint density at radius 3 is 1.89 bits per heavy atom. The Balaban J connectivity index is 1.51. The number of hydrogen-bond acceptors (Lipinski definition) is 4. The molecule has 0 aromatic heterocycles. The number of nitrogens with zero attached hydrogens (tertiary/aromatic N) is 2. The molecule has 1 heterocycles. The second-order valence-electron chi connectivity index (χ2n) is 7.96.